The van der Waals surface area contributed by atoms with Crippen LogP contribution in [0, 0.1) is 0 Å². The molecule has 4 aromatic rings. The van der Waals surface area contributed by atoms with Gasteiger partial charge < -0.3 is 5.32 Å². The zero-order valence-corrected chi connectivity index (χ0v) is 15.8. The molecule has 7 heteroatoms. The molecule has 0 spiro atoms. The van der Waals surface area contributed by atoms with Crippen molar-refractivity contribution in [3.8, 4) is 17.1 Å². The molecule has 0 aliphatic heterocycles. The Morgan fingerprint density at radius 3 is 2.57 bits per heavy atom. The van der Waals surface area contributed by atoms with E-state index in [0.29, 0.717) is 5.82 Å². The maximum Gasteiger partial charge on any atom is 0.161 e. The van der Waals surface area contributed by atoms with Crippen molar-refractivity contribution in [3.63, 3.8) is 0 Å². The Kier molecular flexibility index (Phi) is 5.05. The van der Waals surface area contributed by atoms with E-state index in [0.717, 1.165) is 34.9 Å². The topological polar surface area (TPSA) is 81.4 Å². The van der Waals surface area contributed by atoms with E-state index >= 15 is 0 Å². The third kappa shape index (κ3) is 3.88. The lowest BCUT2D eigenvalue weighted by atomic mass is 10.2. The van der Waals surface area contributed by atoms with Gasteiger partial charge in [-0.1, -0.05) is 30.3 Å². The number of para-hydroxylation sites is 1. The van der Waals surface area contributed by atoms with Gasteiger partial charge in [-0.25, -0.2) is 14.6 Å². The highest BCUT2D eigenvalue weighted by molar-refractivity contribution is 5.57. The molecule has 0 bridgehead atoms. The van der Waals surface area contributed by atoms with Gasteiger partial charge in [-0.3, -0.25) is 4.98 Å². The van der Waals surface area contributed by atoms with Gasteiger partial charge in [0.25, 0.3) is 0 Å². The molecule has 0 aliphatic carbocycles. The Morgan fingerprint density at radius 2 is 1.82 bits per heavy atom. The molecule has 4 rings (SSSR count). The van der Waals surface area contributed by atoms with Crippen molar-refractivity contribution in [2.24, 2.45) is 0 Å². The zero-order valence-electron chi connectivity index (χ0n) is 15.8. The summed E-state index contributed by atoms with van der Waals surface area (Å²) in [5.74, 6) is 1.45. The Labute approximate surface area is 163 Å². The second-order valence-corrected chi connectivity index (χ2v) is 6.45. The standard InChI is InChI=1S/C21H21N7/c1-3-17-13-20(25-21(24-17)16-9-11-22-12-10-16)23-15(2)19-14-28(27-26-19)18-7-5-4-6-8-18/h4-15H,3H2,1-2H3,(H,23,24,25). The van der Waals surface area contributed by atoms with Crippen LogP contribution >= 0.6 is 0 Å². The molecule has 7 nitrogen and oxygen atoms in total. The lowest BCUT2D eigenvalue weighted by Gasteiger charge is -2.13. The lowest BCUT2D eigenvalue weighted by Crippen LogP contribution is -2.10. The van der Waals surface area contributed by atoms with Gasteiger partial charge in [-0.15, -0.1) is 5.10 Å². The third-order valence-electron chi connectivity index (χ3n) is 4.42. The fourth-order valence-corrected chi connectivity index (χ4v) is 2.86. The summed E-state index contributed by atoms with van der Waals surface area (Å²) in [6.07, 6.45) is 6.25. The first-order valence-electron chi connectivity index (χ1n) is 9.25. The molecule has 0 fully saturated rings. The number of nitrogens with one attached hydrogen (secondary N) is 1. The van der Waals surface area contributed by atoms with Crippen LogP contribution in [-0.2, 0) is 6.42 Å². The Morgan fingerprint density at radius 1 is 1.04 bits per heavy atom. The Bertz CT molecular complexity index is 1040. The molecule has 28 heavy (non-hydrogen) atoms. The van der Waals surface area contributed by atoms with Crippen LogP contribution in [0.15, 0.2) is 67.1 Å². The van der Waals surface area contributed by atoms with Crippen LogP contribution in [0.3, 0.4) is 0 Å². The summed E-state index contributed by atoms with van der Waals surface area (Å²) in [5, 5.41) is 12.0. The van der Waals surface area contributed by atoms with E-state index in [1.54, 1.807) is 17.1 Å². The van der Waals surface area contributed by atoms with Crippen LogP contribution in [0.4, 0.5) is 5.82 Å². The van der Waals surface area contributed by atoms with Gasteiger partial charge in [0.15, 0.2) is 5.82 Å². The summed E-state index contributed by atoms with van der Waals surface area (Å²) in [6, 6.07) is 15.7. The maximum absolute atomic E-state index is 4.68. The van der Waals surface area contributed by atoms with Gasteiger partial charge >= 0.3 is 0 Å². The van der Waals surface area contributed by atoms with Crippen molar-refractivity contribution in [2.75, 3.05) is 5.32 Å². The van der Waals surface area contributed by atoms with E-state index in [9.17, 15) is 0 Å². The first-order chi connectivity index (χ1) is 13.7. The van der Waals surface area contributed by atoms with E-state index in [1.165, 1.54) is 0 Å². The molecule has 0 aliphatic rings. The minimum Gasteiger partial charge on any atom is -0.362 e. The van der Waals surface area contributed by atoms with Gasteiger partial charge in [0.05, 0.1) is 17.9 Å². The fourth-order valence-electron chi connectivity index (χ4n) is 2.86. The summed E-state index contributed by atoms with van der Waals surface area (Å²) in [5.41, 5.74) is 3.73. The number of aryl methyl sites for hydroxylation is 1. The second-order valence-electron chi connectivity index (χ2n) is 6.45. The monoisotopic (exact) mass is 371 g/mol. The van der Waals surface area contributed by atoms with E-state index in [-0.39, 0.29) is 6.04 Å². The Balaban J connectivity index is 1.58. The third-order valence-corrected chi connectivity index (χ3v) is 4.42. The van der Waals surface area contributed by atoms with Crippen LogP contribution in [0.5, 0.6) is 0 Å². The maximum atomic E-state index is 4.68. The van der Waals surface area contributed by atoms with E-state index in [1.807, 2.05) is 61.7 Å². The number of aromatic nitrogens is 6. The van der Waals surface area contributed by atoms with Gasteiger partial charge in [0.1, 0.15) is 11.5 Å². The number of hydrogen-bond donors (Lipinski definition) is 1. The van der Waals surface area contributed by atoms with Crippen molar-refractivity contribution < 1.29 is 0 Å². The van der Waals surface area contributed by atoms with E-state index in [2.05, 4.69) is 37.5 Å². The van der Waals surface area contributed by atoms with Gasteiger partial charge in [-0.2, -0.15) is 0 Å². The molecule has 0 saturated carbocycles. The van der Waals surface area contributed by atoms with Crippen molar-refractivity contribution >= 4 is 5.82 Å². The summed E-state index contributed by atoms with van der Waals surface area (Å²) in [6.45, 7) is 4.12. The normalized spacial score (nSPS) is 11.9. The highest BCUT2D eigenvalue weighted by atomic mass is 15.4. The highest BCUT2D eigenvalue weighted by Crippen LogP contribution is 2.21. The van der Waals surface area contributed by atoms with Crippen molar-refractivity contribution in [1.82, 2.24) is 29.9 Å². The predicted octanol–water partition coefficient (Wildman–Crippen LogP) is 3.85. The second kappa shape index (κ2) is 7.96. The minimum absolute atomic E-state index is 0.0534. The molecule has 3 heterocycles. The van der Waals surface area contributed by atoms with Gasteiger partial charge in [0.2, 0.25) is 0 Å². The zero-order chi connectivity index (χ0) is 19.3. The molecule has 1 aromatic carbocycles. The highest BCUT2D eigenvalue weighted by Gasteiger charge is 2.13. The van der Waals surface area contributed by atoms with E-state index in [4.69, 9.17) is 0 Å². The van der Waals surface area contributed by atoms with Crippen molar-refractivity contribution in [2.45, 2.75) is 26.3 Å². The molecule has 0 amide bonds. The molecule has 1 atom stereocenters. The van der Waals surface area contributed by atoms with Gasteiger partial charge in [0, 0.05) is 29.7 Å². The number of benzene rings is 1. The molecule has 3 aromatic heterocycles. The first kappa shape index (κ1) is 17.8. The van der Waals surface area contributed by atoms with Crippen LogP contribution in [-0.4, -0.2) is 29.9 Å². The molecule has 0 radical (unpaired) electrons. The van der Waals surface area contributed by atoms with Crippen LogP contribution in [0.25, 0.3) is 17.1 Å². The van der Waals surface area contributed by atoms with Crippen molar-refractivity contribution in [1.29, 1.82) is 0 Å². The average Bonchev–Trinajstić information content (AvgIpc) is 3.25. The minimum atomic E-state index is -0.0534. The molecule has 1 unspecified atom stereocenters. The molecular formula is C21H21N7. The Hall–Kier alpha value is -3.61. The van der Waals surface area contributed by atoms with Gasteiger partial charge in [-0.05, 0) is 37.6 Å². The summed E-state index contributed by atoms with van der Waals surface area (Å²) in [4.78, 5) is 13.4. The SMILES string of the molecule is CCc1cc(NC(C)c2cn(-c3ccccc3)nn2)nc(-c2ccncc2)n1. The van der Waals surface area contributed by atoms with Crippen LogP contribution < -0.4 is 5.32 Å². The molecular weight excluding hydrogens is 350 g/mol. The summed E-state index contributed by atoms with van der Waals surface area (Å²) >= 11 is 0. The summed E-state index contributed by atoms with van der Waals surface area (Å²) < 4.78 is 1.77. The largest absolute Gasteiger partial charge is 0.362 e. The van der Waals surface area contributed by atoms with E-state index < -0.39 is 0 Å². The number of pyridine rings is 1. The lowest BCUT2D eigenvalue weighted by molar-refractivity contribution is 0.779. The number of anilines is 1. The first-order valence-corrected chi connectivity index (χ1v) is 9.25. The fraction of sp³-hybridized carbons (Fsp3) is 0.190. The average molecular weight is 371 g/mol. The molecule has 0 saturated heterocycles. The molecule has 1 N–H and O–H groups in total. The van der Waals surface area contributed by atoms with Crippen LogP contribution in [0.2, 0.25) is 0 Å². The number of rotatable bonds is 6. The summed E-state index contributed by atoms with van der Waals surface area (Å²) in [7, 11) is 0. The quantitative estimate of drug-likeness (QED) is 0.554. The van der Waals surface area contributed by atoms with Crippen LogP contribution in [0.1, 0.15) is 31.3 Å². The molecule has 140 valence electrons. The smallest absolute Gasteiger partial charge is 0.161 e. The predicted molar refractivity (Wildman–Crippen MR) is 108 cm³/mol. The number of hydrogen-bond acceptors (Lipinski definition) is 6. The number of nitrogens with zero attached hydrogens (tertiary/aromatic N) is 6. The van der Waals surface area contributed by atoms with Crippen molar-refractivity contribution in [3.05, 3.63) is 78.5 Å².